The lowest BCUT2D eigenvalue weighted by Crippen LogP contribution is -1.98. The van der Waals surface area contributed by atoms with Gasteiger partial charge in [-0.2, -0.15) is 0 Å². The summed E-state index contributed by atoms with van der Waals surface area (Å²) in [5.74, 6) is 1.07. The van der Waals surface area contributed by atoms with Crippen LogP contribution in [0, 0.1) is 0 Å². The van der Waals surface area contributed by atoms with Gasteiger partial charge in [0.2, 0.25) is 5.95 Å². The molecule has 0 aliphatic rings. The fourth-order valence-electron chi connectivity index (χ4n) is 1.74. The fraction of sp³-hybridized carbons (Fsp3) is 0.250. The Kier molecular flexibility index (Phi) is 5.12. The van der Waals surface area contributed by atoms with Gasteiger partial charge in [-0.05, 0) is 12.5 Å². The fourth-order valence-corrected chi connectivity index (χ4v) is 1.74. The van der Waals surface area contributed by atoms with Gasteiger partial charge in [0, 0.05) is 17.8 Å². The molecule has 0 bridgehead atoms. The quantitative estimate of drug-likeness (QED) is 0.645. The summed E-state index contributed by atoms with van der Waals surface area (Å²) in [4.78, 5) is 8.07. The maximum atomic E-state index is 5.87. The van der Waals surface area contributed by atoms with Crippen molar-refractivity contribution >= 4 is 17.8 Å². The van der Waals surface area contributed by atoms with Crippen LogP contribution >= 0.6 is 0 Å². The molecular formula is C16H19N3O. The molecule has 0 aliphatic carbocycles. The Labute approximate surface area is 119 Å². The van der Waals surface area contributed by atoms with Crippen LogP contribution in [0.15, 0.2) is 42.6 Å². The highest BCUT2D eigenvalue weighted by atomic mass is 16.5. The van der Waals surface area contributed by atoms with Crippen molar-refractivity contribution in [3.63, 3.8) is 0 Å². The van der Waals surface area contributed by atoms with Crippen molar-refractivity contribution in [2.24, 2.45) is 0 Å². The second-order valence-corrected chi connectivity index (χ2v) is 4.42. The van der Waals surface area contributed by atoms with E-state index in [1.165, 1.54) is 0 Å². The monoisotopic (exact) mass is 269 g/mol. The summed E-state index contributed by atoms with van der Waals surface area (Å²) in [6, 6.07) is 11.8. The second-order valence-electron chi connectivity index (χ2n) is 4.42. The molecule has 1 heterocycles. The molecule has 4 heteroatoms. The van der Waals surface area contributed by atoms with E-state index in [1.807, 2.05) is 42.5 Å². The summed E-state index contributed by atoms with van der Waals surface area (Å²) in [7, 11) is 0. The van der Waals surface area contributed by atoms with Gasteiger partial charge < -0.3 is 10.5 Å². The molecule has 0 spiro atoms. The van der Waals surface area contributed by atoms with Gasteiger partial charge in [0.05, 0.1) is 12.3 Å². The predicted molar refractivity (Wildman–Crippen MR) is 81.6 cm³/mol. The average molecular weight is 269 g/mol. The van der Waals surface area contributed by atoms with Crippen molar-refractivity contribution in [1.29, 1.82) is 0 Å². The van der Waals surface area contributed by atoms with Crippen molar-refractivity contribution < 1.29 is 4.74 Å². The normalized spacial score (nSPS) is 11.3. The summed E-state index contributed by atoms with van der Waals surface area (Å²) in [5, 5.41) is 0. The lowest BCUT2D eigenvalue weighted by atomic mass is 10.1. The van der Waals surface area contributed by atoms with Gasteiger partial charge in [-0.25, -0.2) is 9.97 Å². The van der Waals surface area contributed by atoms with Crippen molar-refractivity contribution in [2.45, 2.75) is 19.8 Å². The number of hydrogen-bond donors (Lipinski definition) is 1. The van der Waals surface area contributed by atoms with Crippen LogP contribution in [0.2, 0.25) is 0 Å². The molecule has 0 saturated carbocycles. The third-order valence-electron chi connectivity index (χ3n) is 2.79. The minimum absolute atomic E-state index is 0.264. The lowest BCUT2D eigenvalue weighted by Gasteiger charge is -2.10. The van der Waals surface area contributed by atoms with Gasteiger partial charge >= 0.3 is 0 Å². The minimum atomic E-state index is 0.264. The molecule has 0 unspecified atom stereocenters. The summed E-state index contributed by atoms with van der Waals surface area (Å²) in [5.41, 5.74) is 7.37. The summed E-state index contributed by atoms with van der Waals surface area (Å²) < 4.78 is 5.87. The zero-order chi connectivity index (χ0) is 14.2. The first kappa shape index (κ1) is 14.1. The highest BCUT2D eigenvalue weighted by Crippen LogP contribution is 2.19. The highest BCUT2D eigenvalue weighted by molar-refractivity contribution is 5.76. The zero-order valence-corrected chi connectivity index (χ0v) is 11.6. The number of hydrogen-bond acceptors (Lipinski definition) is 4. The minimum Gasteiger partial charge on any atom is -0.493 e. The lowest BCUT2D eigenvalue weighted by molar-refractivity contribution is 0.272. The number of nitrogens with zero attached hydrogens (tertiary/aromatic N) is 2. The van der Waals surface area contributed by atoms with E-state index >= 15 is 0 Å². The van der Waals surface area contributed by atoms with Gasteiger partial charge in [-0.1, -0.05) is 43.7 Å². The van der Waals surface area contributed by atoms with Crippen LogP contribution in [0.3, 0.4) is 0 Å². The number of rotatable bonds is 6. The molecule has 4 nitrogen and oxygen atoms in total. The van der Waals surface area contributed by atoms with E-state index in [9.17, 15) is 0 Å². The Morgan fingerprint density at radius 1 is 1.25 bits per heavy atom. The van der Waals surface area contributed by atoms with E-state index in [-0.39, 0.29) is 5.95 Å². The van der Waals surface area contributed by atoms with Crippen molar-refractivity contribution in [3.05, 3.63) is 53.9 Å². The number of anilines is 1. The van der Waals surface area contributed by atoms with Gasteiger partial charge in [0.25, 0.3) is 0 Å². The summed E-state index contributed by atoms with van der Waals surface area (Å²) >= 11 is 0. The average Bonchev–Trinajstić information content (AvgIpc) is 2.47. The molecule has 2 aromatic rings. The Hall–Kier alpha value is -2.36. The molecular weight excluding hydrogens is 250 g/mol. The van der Waals surface area contributed by atoms with Crippen molar-refractivity contribution in [3.8, 4) is 0 Å². The predicted octanol–water partition coefficient (Wildman–Crippen LogP) is 3.37. The third-order valence-corrected chi connectivity index (χ3v) is 2.79. The van der Waals surface area contributed by atoms with Crippen LogP contribution in [0.5, 0.6) is 0 Å². The first-order valence-electron chi connectivity index (χ1n) is 6.78. The molecule has 0 aliphatic heterocycles. The van der Waals surface area contributed by atoms with Crippen LogP contribution in [0.25, 0.3) is 11.8 Å². The van der Waals surface area contributed by atoms with Crippen LogP contribution in [0.4, 0.5) is 5.95 Å². The zero-order valence-electron chi connectivity index (χ0n) is 11.6. The molecule has 0 saturated heterocycles. The molecule has 20 heavy (non-hydrogen) atoms. The summed E-state index contributed by atoms with van der Waals surface area (Å²) in [6.07, 6.45) is 5.66. The Balaban J connectivity index is 2.26. The summed E-state index contributed by atoms with van der Waals surface area (Å²) in [6.45, 7) is 2.83. The molecule has 0 radical (unpaired) electrons. The van der Waals surface area contributed by atoms with E-state index in [4.69, 9.17) is 10.5 Å². The molecule has 0 amide bonds. The first-order valence-corrected chi connectivity index (χ1v) is 6.78. The van der Waals surface area contributed by atoms with E-state index in [2.05, 4.69) is 16.9 Å². The number of aromatic nitrogens is 2. The van der Waals surface area contributed by atoms with Gasteiger partial charge in [-0.3, -0.25) is 0 Å². The number of nitrogens with two attached hydrogens (primary N) is 1. The maximum absolute atomic E-state index is 5.87. The smallest absolute Gasteiger partial charge is 0.220 e. The van der Waals surface area contributed by atoms with E-state index in [0.29, 0.717) is 6.61 Å². The Morgan fingerprint density at radius 2 is 2.05 bits per heavy atom. The number of ether oxygens (including phenoxy) is 1. The molecule has 0 atom stereocenters. The number of benzene rings is 1. The van der Waals surface area contributed by atoms with Crippen LogP contribution < -0.4 is 5.73 Å². The molecule has 1 aromatic carbocycles. The van der Waals surface area contributed by atoms with Crippen molar-refractivity contribution in [1.82, 2.24) is 9.97 Å². The Morgan fingerprint density at radius 3 is 2.75 bits per heavy atom. The van der Waals surface area contributed by atoms with E-state index in [0.717, 1.165) is 29.9 Å². The number of unbranched alkanes of at least 4 members (excludes halogenated alkanes) is 1. The first-order chi connectivity index (χ1) is 9.79. The molecule has 2 rings (SSSR count). The third kappa shape index (κ3) is 4.09. The topological polar surface area (TPSA) is 61.0 Å². The molecule has 0 fully saturated rings. The van der Waals surface area contributed by atoms with Crippen LogP contribution in [-0.2, 0) is 4.74 Å². The largest absolute Gasteiger partial charge is 0.493 e. The molecule has 104 valence electrons. The Bertz CT molecular complexity index is 567. The van der Waals surface area contributed by atoms with Gasteiger partial charge in [0.15, 0.2) is 0 Å². The van der Waals surface area contributed by atoms with Gasteiger partial charge in [-0.15, -0.1) is 0 Å². The van der Waals surface area contributed by atoms with Crippen molar-refractivity contribution in [2.75, 3.05) is 12.3 Å². The maximum Gasteiger partial charge on any atom is 0.220 e. The molecule has 2 N–H and O–H groups in total. The van der Waals surface area contributed by atoms with Gasteiger partial charge in [0.1, 0.15) is 5.76 Å². The SMILES string of the molecule is CCCCO/C(=C/c1ccnc(N)n1)c1ccccc1. The highest BCUT2D eigenvalue weighted by Gasteiger charge is 2.04. The number of nitrogen functional groups attached to an aromatic ring is 1. The van der Waals surface area contributed by atoms with Crippen LogP contribution in [0.1, 0.15) is 31.0 Å². The van der Waals surface area contributed by atoms with Crippen LogP contribution in [-0.4, -0.2) is 16.6 Å². The van der Waals surface area contributed by atoms with E-state index in [1.54, 1.807) is 6.20 Å². The standard InChI is InChI=1S/C16H19N3O/c1-2-3-11-20-15(13-7-5-4-6-8-13)12-14-9-10-18-16(17)19-14/h4-10,12H,2-3,11H2,1H3,(H2,17,18,19)/b15-12+. The molecule has 1 aromatic heterocycles. The second kappa shape index (κ2) is 7.28. The van der Waals surface area contributed by atoms with E-state index < -0.39 is 0 Å².